The zero-order valence-electron chi connectivity index (χ0n) is 13.0. The summed E-state index contributed by atoms with van der Waals surface area (Å²) < 4.78 is 5.36. The lowest BCUT2D eigenvalue weighted by Crippen LogP contribution is -2.61. The number of nitrogens with zero attached hydrogens (tertiary/aromatic N) is 2. The molecule has 5 nitrogen and oxygen atoms in total. The van der Waals surface area contributed by atoms with E-state index in [0.717, 1.165) is 24.1 Å². The third-order valence-electron chi connectivity index (χ3n) is 4.17. The Morgan fingerprint density at radius 2 is 2.05 bits per heavy atom. The Morgan fingerprint density at radius 1 is 1.33 bits per heavy atom. The van der Waals surface area contributed by atoms with Gasteiger partial charge in [0.25, 0.3) is 0 Å². The van der Waals surface area contributed by atoms with E-state index in [0.29, 0.717) is 18.7 Å². The van der Waals surface area contributed by atoms with Crippen molar-refractivity contribution in [2.75, 3.05) is 27.2 Å². The zero-order valence-corrected chi connectivity index (χ0v) is 13.0. The van der Waals surface area contributed by atoms with Gasteiger partial charge in [0, 0.05) is 37.8 Å². The zero-order chi connectivity index (χ0) is 15.6. The quantitative estimate of drug-likeness (QED) is 0.790. The summed E-state index contributed by atoms with van der Waals surface area (Å²) in [6.07, 6.45) is 0.823. The minimum absolute atomic E-state index is 0.110. The lowest BCUT2D eigenvalue weighted by atomic mass is 9.96. The van der Waals surface area contributed by atoms with Gasteiger partial charge in [0.05, 0.1) is 12.6 Å². The van der Waals surface area contributed by atoms with Gasteiger partial charge in [-0.2, -0.15) is 0 Å². The van der Waals surface area contributed by atoms with Crippen molar-refractivity contribution in [2.45, 2.75) is 25.9 Å². The van der Waals surface area contributed by atoms with Crippen LogP contribution in [0.2, 0.25) is 0 Å². The molecule has 0 unspecified atom stereocenters. The van der Waals surface area contributed by atoms with Crippen molar-refractivity contribution in [1.82, 2.24) is 9.80 Å². The summed E-state index contributed by atoms with van der Waals surface area (Å²) in [4.78, 5) is 27.2. The molecule has 1 aliphatic rings. The maximum absolute atomic E-state index is 12.3. The minimum atomic E-state index is -0.560. The van der Waals surface area contributed by atoms with E-state index in [1.54, 1.807) is 24.1 Å². The Morgan fingerprint density at radius 3 is 2.67 bits per heavy atom. The van der Waals surface area contributed by atoms with Crippen LogP contribution < -0.4 is 4.74 Å². The van der Waals surface area contributed by atoms with Crippen LogP contribution in [-0.2, 0) is 11.3 Å². The van der Waals surface area contributed by atoms with Crippen LogP contribution in [0.25, 0.3) is 0 Å². The van der Waals surface area contributed by atoms with Gasteiger partial charge in [-0.1, -0.05) is 0 Å². The molecular weight excluding hydrogens is 268 g/mol. The van der Waals surface area contributed by atoms with Crippen molar-refractivity contribution in [2.24, 2.45) is 0 Å². The number of likely N-dealkylation sites (N-methyl/N-ethyl adjacent to an activating group) is 1. The van der Waals surface area contributed by atoms with E-state index in [-0.39, 0.29) is 5.91 Å². The molecule has 114 valence electrons. The Bertz CT molecular complexity index is 554. The Balaban J connectivity index is 2.29. The van der Waals surface area contributed by atoms with Gasteiger partial charge in [-0.05, 0) is 32.0 Å². The fourth-order valence-electron chi connectivity index (χ4n) is 2.73. The highest BCUT2D eigenvalue weighted by Crippen LogP contribution is 2.27. The number of methoxy groups -OCH3 is 1. The highest BCUT2D eigenvalue weighted by atomic mass is 16.5. The molecule has 0 bridgehead atoms. The second-order valence-electron chi connectivity index (χ2n) is 5.90. The summed E-state index contributed by atoms with van der Waals surface area (Å²) in [5.41, 5.74) is 0.978. The molecule has 21 heavy (non-hydrogen) atoms. The number of hydrogen-bond acceptors (Lipinski definition) is 4. The van der Waals surface area contributed by atoms with E-state index in [1.807, 2.05) is 27.0 Å². The highest BCUT2D eigenvalue weighted by Gasteiger charge is 2.40. The molecular formula is C16H22N2O3. The van der Waals surface area contributed by atoms with Crippen molar-refractivity contribution < 1.29 is 14.3 Å². The van der Waals surface area contributed by atoms with Crippen LogP contribution in [0.15, 0.2) is 18.2 Å². The summed E-state index contributed by atoms with van der Waals surface area (Å²) in [7, 11) is 3.44. The molecule has 1 heterocycles. The molecule has 5 heteroatoms. The molecule has 0 saturated carbocycles. The van der Waals surface area contributed by atoms with Crippen molar-refractivity contribution in [3.63, 3.8) is 0 Å². The third-order valence-corrected chi connectivity index (χ3v) is 4.17. The predicted molar refractivity (Wildman–Crippen MR) is 80.5 cm³/mol. The van der Waals surface area contributed by atoms with E-state index < -0.39 is 5.54 Å². The average molecular weight is 290 g/mol. The minimum Gasteiger partial charge on any atom is -0.496 e. The smallest absolute Gasteiger partial charge is 0.242 e. The van der Waals surface area contributed by atoms with Crippen molar-refractivity contribution in [1.29, 1.82) is 0 Å². The van der Waals surface area contributed by atoms with Gasteiger partial charge in [-0.3, -0.25) is 14.5 Å². The first-order chi connectivity index (χ1) is 9.90. The molecule has 0 aliphatic carbocycles. The molecule has 0 radical (unpaired) electrons. The first kappa shape index (κ1) is 15.5. The molecule has 0 N–H and O–H groups in total. The summed E-state index contributed by atoms with van der Waals surface area (Å²) in [6.45, 7) is 5.95. The topological polar surface area (TPSA) is 49.9 Å². The van der Waals surface area contributed by atoms with Gasteiger partial charge < -0.3 is 9.64 Å². The first-order valence-corrected chi connectivity index (χ1v) is 7.03. The maximum Gasteiger partial charge on any atom is 0.242 e. The molecule has 0 spiro atoms. The lowest BCUT2D eigenvalue weighted by Gasteiger charge is -2.44. The highest BCUT2D eigenvalue weighted by molar-refractivity contribution is 5.86. The third kappa shape index (κ3) is 2.93. The summed E-state index contributed by atoms with van der Waals surface area (Å²) in [5, 5.41) is 0. The average Bonchev–Trinajstić information content (AvgIpc) is 2.48. The van der Waals surface area contributed by atoms with E-state index >= 15 is 0 Å². The summed E-state index contributed by atoms with van der Waals surface area (Å²) >= 11 is 0. The second-order valence-corrected chi connectivity index (χ2v) is 5.90. The van der Waals surface area contributed by atoms with Crippen LogP contribution in [0.1, 0.15) is 29.8 Å². The molecule has 0 aromatic heterocycles. The van der Waals surface area contributed by atoms with Crippen LogP contribution >= 0.6 is 0 Å². The Labute approximate surface area is 125 Å². The van der Waals surface area contributed by atoms with Gasteiger partial charge in [-0.15, -0.1) is 0 Å². The predicted octanol–water partition coefficient (Wildman–Crippen LogP) is 1.56. The molecule has 1 fully saturated rings. The second kappa shape index (κ2) is 5.85. The van der Waals surface area contributed by atoms with Crippen LogP contribution in [0.3, 0.4) is 0 Å². The molecule has 0 atom stereocenters. The van der Waals surface area contributed by atoms with Crippen molar-refractivity contribution >= 4 is 12.2 Å². The molecule has 1 saturated heterocycles. The molecule has 1 aromatic rings. The number of carbonyl (C=O) groups excluding carboxylic acids is 2. The molecule has 2 rings (SSSR count). The summed E-state index contributed by atoms with van der Waals surface area (Å²) in [5.74, 6) is 0.849. The molecule has 1 amide bonds. The standard InChI is InChI=1S/C16H22N2O3/c1-16(2)15(20)17(3)7-8-18(16)10-13-9-12(11-19)5-6-14(13)21-4/h5-6,9,11H,7-8,10H2,1-4H3. The monoisotopic (exact) mass is 290 g/mol. The number of benzene rings is 1. The van der Waals surface area contributed by atoms with Crippen LogP contribution in [0.5, 0.6) is 5.75 Å². The fraction of sp³-hybridized carbons (Fsp3) is 0.500. The van der Waals surface area contributed by atoms with Gasteiger partial charge >= 0.3 is 0 Å². The first-order valence-electron chi connectivity index (χ1n) is 7.03. The van der Waals surface area contributed by atoms with E-state index in [4.69, 9.17) is 4.74 Å². The van der Waals surface area contributed by atoms with Crippen LogP contribution in [0.4, 0.5) is 0 Å². The number of rotatable bonds is 4. The fourth-order valence-corrected chi connectivity index (χ4v) is 2.73. The van der Waals surface area contributed by atoms with Crippen LogP contribution in [0, 0.1) is 0 Å². The van der Waals surface area contributed by atoms with E-state index in [2.05, 4.69) is 4.90 Å². The number of amides is 1. The van der Waals surface area contributed by atoms with E-state index in [9.17, 15) is 9.59 Å². The summed E-state index contributed by atoms with van der Waals surface area (Å²) in [6, 6.07) is 5.35. The largest absolute Gasteiger partial charge is 0.496 e. The molecule has 1 aliphatic heterocycles. The normalized spacial score (nSPS) is 18.7. The maximum atomic E-state index is 12.3. The number of piperazine rings is 1. The Kier molecular flexibility index (Phi) is 4.32. The van der Waals surface area contributed by atoms with Crippen molar-refractivity contribution in [3.8, 4) is 5.75 Å². The Hall–Kier alpha value is -1.88. The van der Waals surface area contributed by atoms with E-state index in [1.165, 1.54) is 0 Å². The van der Waals surface area contributed by atoms with Gasteiger partial charge in [0.15, 0.2) is 0 Å². The number of aldehydes is 1. The number of ether oxygens (including phenoxy) is 1. The lowest BCUT2D eigenvalue weighted by molar-refractivity contribution is -0.147. The van der Waals surface area contributed by atoms with Crippen LogP contribution in [-0.4, -0.2) is 54.8 Å². The van der Waals surface area contributed by atoms with Gasteiger partial charge in [0.2, 0.25) is 5.91 Å². The molecule has 1 aromatic carbocycles. The number of carbonyl (C=O) groups is 2. The van der Waals surface area contributed by atoms with Crippen molar-refractivity contribution in [3.05, 3.63) is 29.3 Å². The SMILES string of the molecule is COc1ccc(C=O)cc1CN1CCN(C)C(=O)C1(C)C. The number of hydrogen-bond donors (Lipinski definition) is 0. The van der Waals surface area contributed by atoms with Gasteiger partial charge in [-0.25, -0.2) is 0 Å². The van der Waals surface area contributed by atoms with Gasteiger partial charge in [0.1, 0.15) is 12.0 Å².